The molecule has 0 atom stereocenters. The molecule has 0 unspecified atom stereocenters. The van der Waals surface area contributed by atoms with Crippen LogP contribution in [0.4, 0.5) is 0 Å². The van der Waals surface area contributed by atoms with Gasteiger partial charge in [-0.2, -0.15) is 0 Å². The van der Waals surface area contributed by atoms with E-state index in [1.54, 1.807) is 0 Å². The van der Waals surface area contributed by atoms with Crippen LogP contribution in [0, 0.1) is 10.8 Å². The van der Waals surface area contributed by atoms with E-state index >= 15 is 0 Å². The summed E-state index contributed by atoms with van der Waals surface area (Å²) in [5.74, 6) is 0. The molecule has 0 amide bonds. The van der Waals surface area contributed by atoms with Gasteiger partial charge in [-0.3, -0.25) is 0 Å². The fraction of sp³-hybridized carbons (Fsp3) is 0.900. The van der Waals surface area contributed by atoms with E-state index in [2.05, 4.69) is 20.8 Å². The predicted octanol–water partition coefficient (Wildman–Crippen LogP) is 2.79. The maximum absolute atomic E-state index is 11.0. The molecule has 1 heteroatoms. The van der Waals surface area contributed by atoms with Crippen LogP contribution in [-0.4, -0.2) is 6.29 Å². The third kappa shape index (κ3) is 1.33. The largest absolute Gasteiger partial charge is 0.303 e. The summed E-state index contributed by atoms with van der Waals surface area (Å²) in [4.78, 5) is 11.0. The fourth-order valence-electron chi connectivity index (χ4n) is 2.05. The lowest BCUT2D eigenvalue weighted by Crippen LogP contribution is -2.34. The van der Waals surface area contributed by atoms with Crippen molar-refractivity contribution < 1.29 is 4.79 Å². The molecule has 0 aromatic rings. The molecule has 0 saturated heterocycles. The molecular weight excluding hydrogens is 136 g/mol. The van der Waals surface area contributed by atoms with E-state index < -0.39 is 0 Å². The smallest absolute Gasteiger partial charge is 0.126 e. The van der Waals surface area contributed by atoms with Gasteiger partial charge in [0.15, 0.2) is 0 Å². The van der Waals surface area contributed by atoms with Gasteiger partial charge in [-0.25, -0.2) is 0 Å². The van der Waals surface area contributed by atoms with E-state index in [0.717, 1.165) is 12.8 Å². The molecule has 0 radical (unpaired) electrons. The first-order valence-electron chi connectivity index (χ1n) is 4.48. The van der Waals surface area contributed by atoms with Crippen LogP contribution in [0.5, 0.6) is 0 Å². The number of aldehydes is 1. The molecule has 1 rings (SSSR count). The van der Waals surface area contributed by atoms with Crippen molar-refractivity contribution in [1.82, 2.24) is 0 Å². The van der Waals surface area contributed by atoms with Gasteiger partial charge in [-0.1, -0.05) is 33.6 Å². The van der Waals surface area contributed by atoms with E-state index in [4.69, 9.17) is 0 Å². The van der Waals surface area contributed by atoms with Gasteiger partial charge in [-0.05, 0) is 18.3 Å². The van der Waals surface area contributed by atoms with Crippen molar-refractivity contribution in [2.24, 2.45) is 10.8 Å². The van der Waals surface area contributed by atoms with Crippen molar-refractivity contribution in [1.29, 1.82) is 0 Å². The highest BCUT2D eigenvalue weighted by Gasteiger charge is 2.43. The minimum atomic E-state index is -0.00694. The Labute approximate surface area is 69.2 Å². The zero-order valence-electron chi connectivity index (χ0n) is 7.81. The first kappa shape index (κ1) is 8.76. The van der Waals surface area contributed by atoms with E-state index in [-0.39, 0.29) is 10.8 Å². The molecule has 0 spiro atoms. The molecule has 0 N–H and O–H groups in total. The topological polar surface area (TPSA) is 17.1 Å². The monoisotopic (exact) mass is 154 g/mol. The molecule has 1 fully saturated rings. The van der Waals surface area contributed by atoms with Crippen LogP contribution in [0.3, 0.4) is 0 Å². The highest BCUT2D eigenvalue weighted by atomic mass is 16.1. The zero-order valence-corrected chi connectivity index (χ0v) is 7.81. The molecule has 0 aliphatic heterocycles. The quantitative estimate of drug-likeness (QED) is 0.531. The second kappa shape index (κ2) is 2.62. The molecule has 1 nitrogen and oxygen atoms in total. The maximum atomic E-state index is 11.0. The Morgan fingerprint density at radius 1 is 1.18 bits per heavy atom. The standard InChI is InChI=1S/C10H18O/c1-9(2,3)10(8-11)6-4-5-7-10/h8H,4-7H2,1-3H3. The molecule has 11 heavy (non-hydrogen) atoms. The van der Waals surface area contributed by atoms with Crippen molar-refractivity contribution in [2.45, 2.75) is 46.5 Å². The van der Waals surface area contributed by atoms with Gasteiger partial charge in [0.2, 0.25) is 0 Å². The Balaban J connectivity index is 2.83. The van der Waals surface area contributed by atoms with Gasteiger partial charge in [0.1, 0.15) is 6.29 Å². The second-order valence-corrected chi connectivity index (χ2v) is 4.73. The van der Waals surface area contributed by atoms with E-state index in [1.807, 2.05) is 0 Å². The van der Waals surface area contributed by atoms with Gasteiger partial charge in [-0.15, -0.1) is 0 Å². The average molecular weight is 154 g/mol. The van der Waals surface area contributed by atoms with Gasteiger partial charge in [0.25, 0.3) is 0 Å². The molecule has 1 saturated carbocycles. The van der Waals surface area contributed by atoms with E-state index in [0.29, 0.717) is 0 Å². The maximum Gasteiger partial charge on any atom is 0.126 e. The number of hydrogen-bond donors (Lipinski definition) is 0. The average Bonchev–Trinajstić information content (AvgIpc) is 2.33. The Hall–Kier alpha value is -0.330. The summed E-state index contributed by atoms with van der Waals surface area (Å²) in [6.45, 7) is 6.52. The Morgan fingerprint density at radius 3 is 1.82 bits per heavy atom. The number of carbonyl (C=O) groups excluding carboxylic acids is 1. The van der Waals surface area contributed by atoms with E-state index in [9.17, 15) is 4.79 Å². The third-order valence-electron chi connectivity index (χ3n) is 3.22. The first-order valence-corrected chi connectivity index (χ1v) is 4.48. The lowest BCUT2D eigenvalue weighted by atomic mass is 9.66. The van der Waals surface area contributed by atoms with Crippen LogP contribution < -0.4 is 0 Å². The number of rotatable bonds is 1. The molecule has 0 heterocycles. The minimum Gasteiger partial charge on any atom is -0.303 e. The molecule has 0 bridgehead atoms. The van der Waals surface area contributed by atoms with Crippen molar-refractivity contribution in [2.75, 3.05) is 0 Å². The van der Waals surface area contributed by atoms with Gasteiger partial charge in [0.05, 0.1) is 0 Å². The highest BCUT2D eigenvalue weighted by Crippen LogP contribution is 2.49. The Morgan fingerprint density at radius 2 is 1.64 bits per heavy atom. The third-order valence-corrected chi connectivity index (χ3v) is 3.22. The summed E-state index contributed by atoms with van der Waals surface area (Å²) in [6.07, 6.45) is 5.85. The molecule has 1 aliphatic carbocycles. The number of hydrogen-bond acceptors (Lipinski definition) is 1. The van der Waals surface area contributed by atoms with Crippen molar-refractivity contribution in [3.63, 3.8) is 0 Å². The first-order chi connectivity index (χ1) is 5.02. The molecule has 1 aliphatic rings. The zero-order chi connectivity index (χ0) is 8.54. The summed E-state index contributed by atoms with van der Waals surface area (Å²) in [5.41, 5.74) is 0.151. The summed E-state index contributed by atoms with van der Waals surface area (Å²) < 4.78 is 0. The van der Waals surface area contributed by atoms with Crippen LogP contribution in [-0.2, 0) is 4.79 Å². The van der Waals surface area contributed by atoms with Crippen molar-refractivity contribution in [3.8, 4) is 0 Å². The highest BCUT2D eigenvalue weighted by molar-refractivity contribution is 5.61. The van der Waals surface area contributed by atoms with Crippen LogP contribution in [0.25, 0.3) is 0 Å². The summed E-state index contributed by atoms with van der Waals surface area (Å²) in [7, 11) is 0. The van der Waals surface area contributed by atoms with Crippen molar-refractivity contribution in [3.05, 3.63) is 0 Å². The Bertz CT molecular complexity index is 147. The van der Waals surface area contributed by atoms with Crippen LogP contribution >= 0.6 is 0 Å². The molecular formula is C10H18O. The molecule has 0 aromatic heterocycles. The SMILES string of the molecule is CC(C)(C)C1(C=O)CCCC1. The summed E-state index contributed by atoms with van der Waals surface area (Å²) in [6, 6.07) is 0. The number of carbonyl (C=O) groups is 1. The molecule has 0 aromatic carbocycles. The van der Waals surface area contributed by atoms with Gasteiger partial charge >= 0.3 is 0 Å². The predicted molar refractivity (Wildman–Crippen MR) is 46.4 cm³/mol. The summed E-state index contributed by atoms with van der Waals surface area (Å²) >= 11 is 0. The van der Waals surface area contributed by atoms with E-state index in [1.165, 1.54) is 19.1 Å². The lowest BCUT2D eigenvalue weighted by molar-refractivity contribution is -0.121. The van der Waals surface area contributed by atoms with Crippen molar-refractivity contribution >= 4 is 6.29 Å². The van der Waals surface area contributed by atoms with Crippen LogP contribution in [0.2, 0.25) is 0 Å². The lowest BCUT2D eigenvalue weighted by Gasteiger charge is -2.36. The van der Waals surface area contributed by atoms with Crippen LogP contribution in [0.1, 0.15) is 46.5 Å². The fourth-order valence-corrected chi connectivity index (χ4v) is 2.05. The second-order valence-electron chi connectivity index (χ2n) is 4.73. The van der Waals surface area contributed by atoms with Gasteiger partial charge < -0.3 is 4.79 Å². The normalized spacial score (nSPS) is 23.5. The minimum absolute atomic E-state index is 0.00694. The Kier molecular flexibility index (Phi) is 2.08. The molecule has 64 valence electrons. The van der Waals surface area contributed by atoms with Gasteiger partial charge in [0, 0.05) is 5.41 Å². The van der Waals surface area contributed by atoms with Crippen LogP contribution in [0.15, 0.2) is 0 Å². The summed E-state index contributed by atoms with van der Waals surface area (Å²) in [5, 5.41) is 0.